The van der Waals surface area contributed by atoms with Gasteiger partial charge in [-0.05, 0) is 45.9 Å². The molecule has 0 bridgehead atoms. The van der Waals surface area contributed by atoms with Crippen LogP contribution in [0.3, 0.4) is 0 Å². The highest BCUT2D eigenvalue weighted by Gasteiger charge is 2.45. The fraction of sp³-hybridized carbons (Fsp3) is 0.520. The second kappa shape index (κ2) is 10.6. The summed E-state index contributed by atoms with van der Waals surface area (Å²) in [6, 6.07) is 7.17. The van der Waals surface area contributed by atoms with Crippen molar-refractivity contribution >= 4 is 28.1 Å². The van der Waals surface area contributed by atoms with E-state index in [4.69, 9.17) is 8.92 Å². The molecule has 12 heteroatoms. The number of nitrogens with zero attached hydrogens (tertiary/aromatic N) is 5. The van der Waals surface area contributed by atoms with Crippen LogP contribution in [-0.2, 0) is 23.8 Å². The summed E-state index contributed by atoms with van der Waals surface area (Å²) in [6.45, 7) is 8.90. The Morgan fingerprint density at radius 2 is 1.62 bits per heavy atom. The van der Waals surface area contributed by atoms with E-state index >= 15 is 0 Å². The number of carbonyl (C=O) groups excluding carboxylic acids is 2. The number of aromatic nitrogens is 2. The lowest BCUT2D eigenvalue weighted by atomic mass is 10.1. The van der Waals surface area contributed by atoms with E-state index in [1.165, 1.54) is 17.0 Å². The molecule has 2 amide bonds. The molecule has 0 spiro atoms. The van der Waals surface area contributed by atoms with Crippen LogP contribution in [-0.4, -0.2) is 90.7 Å². The minimum atomic E-state index is -4.08. The molecule has 2 aromatic rings. The van der Waals surface area contributed by atoms with Crippen LogP contribution in [0.2, 0.25) is 0 Å². The quantitative estimate of drug-likeness (QED) is 0.535. The highest BCUT2D eigenvalue weighted by molar-refractivity contribution is 7.86. The van der Waals surface area contributed by atoms with Crippen molar-refractivity contribution in [1.82, 2.24) is 19.8 Å². The van der Waals surface area contributed by atoms with Crippen molar-refractivity contribution in [3.8, 4) is 0 Å². The van der Waals surface area contributed by atoms with E-state index < -0.39 is 34.0 Å². The first-order chi connectivity index (χ1) is 17.4. The van der Waals surface area contributed by atoms with E-state index in [9.17, 15) is 18.0 Å². The number of anilines is 1. The molecule has 0 saturated carbocycles. The van der Waals surface area contributed by atoms with E-state index in [2.05, 4.69) is 9.97 Å². The average Bonchev–Trinajstić information content (AvgIpc) is 3.27. The summed E-state index contributed by atoms with van der Waals surface area (Å²) in [5, 5.41) is 0. The molecular formula is C25H33N5O6S. The Labute approximate surface area is 217 Å². The average molecular weight is 532 g/mol. The maximum Gasteiger partial charge on any atom is 0.411 e. The largest absolute Gasteiger partial charge is 0.444 e. The van der Waals surface area contributed by atoms with Crippen LogP contribution < -0.4 is 4.90 Å². The summed E-state index contributed by atoms with van der Waals surface area (Å²) < 4.78 is 36.8. The van der Waals surface area contributed by atoms with Gasteiger partial charge < -0.3 is 14.5 Å². The number of carbonyl (C=O) groups is 2. The minimum Gasteiger partial charge on any atom is -0.444 e. The van der Waals surface area contributed by atoms with Gasteiger partial charge in [0.05, 0.1) is 17.5 Å². The minimum absolute atomic E-state index is 0.0240. The molecule has 1 aromatic carbocycles. The van der Waals surface area contributed by atoms with Gasteiger partial charge in [0.25, 0.3) is 10.1 Å². The van der Waals surface area contributed by atoms with E-state index in [0.717, 1.165) is 5.56 Å². The highest BCUT2D eigenvalue weighted by Crippen LogP contribution is 2.28. The first kappa shape index (κ1) is 26.8. The molecule has 4 rings (SSSR count). The van der Waals surface area contributed by atoms with Crippen LogP contribution in [0.5, 0.6) is 0 Å². The van der Waals surface area contributed by atoms with Crippen molar-refractivity contribution in [3.63, 3.8) is 0 Å². The molecule has 11 nitrogen and oxygen atoms in total. The van der Waals surface area contributed by atoms with Gasteiger partial charge in [0.1, 0.15) is 11.6 Å². The Kier molecular flexibility index (Phi) is 7.69. The second-order valence-corrected chi connectivity index (χ2v) is 11.8. The molecule has 1 aromatic heterocycles. The maximum atomic E-state index is 13.6. The Hall–Kier alpha value is -3.25. The molecule has 0 N–H and O–H groups in total. The number of piperazine rings is 1. The highest BCUT2D eigenvalue weighted by atomic mass is 32.2. The Balaban J connectivity index is 1.48. The van der Waals surface area contributed by atoms with Gasteiger partial charge in [-0.1, -0.05) is 17.7 Å². The summed E-state index contributed by atoms with van der Waals surface area (Å²) in [5.41, 5.74) is 0.138. The number of amides is 2. The van der Waals surface area contributed by atoms with Gasteiger partial charge in [-0.25, -0.2) is 14.8 Å². The molecule has 37 heavy (non-hydrogen) atoms. The number of hydrogen-bond acceptors (Lipinski definition) is 9. The molecule has 0 aliphatic carbocycles. The van der Waals surface area contributed by atoms with Gasteiger partial charge >= 0.3 is 6.09 Å². The maximum absolute atomic E-state index is 13.6. The predicted molar refractivity (Wildman–Crippen MR) is 135 cm³/mol. The van der Waals surface area contributed by atoms with Crippen molar-refractivity contribution in [2.75, 3.05) is 37.6 Å². The Morgan fingerprint density at radius 3 is 2.22 bits per heavy atom. The Bertz CT molecular complexity index is 1210. The van der Waals surface area contributed by atoms with Crippen LogP contribution >= 0.6 is 0 Å². The Morgan fingerprint density at radius 1 is 1.00 bits per heavy atom. The number of ether oxygens (including phenoxy) is 1. The first-order valence-electron chi connectivity index (χ1n) is 12.2. The third-order valence-electron chi connectivity index (χ3n) is 6.17. The third kappa shape index (κ3) is 6.55. The number of rotatable bonds is 5. The smallest absolute Gasteiger partial charge is 0.411 e. The molecule has 2 aliphatic heterocycles. The van der Waals surface area contributed by atoms with Crippen LogP contribution in [0.1, 0.15) is 32.8 Å². The number of benzene rings is 1. The van der Waals surface area contributed by atoms with Crippen molar-refractivity contribution in [2.24, 2.45) is 0 Å². The lowest BCUT2D eigenvalue weighted by Crippen LogP contribution is -2.55. The molecule has 2 aliphatic rings. The van der Waals surface area contributed by atoms with Crippen molar-refractivity contribution in [2.45, 2.75) is 56.8 Å². The molecule has 0 radical (unpaired) electrons. The van der Waals surface area contributed by atoms with E-state index in [1.54, 1.807) is 56.3 Å². The molecule has 2 atom stereocenters. The summed E-state index contributed by atoms with van der Waals surface area (Å²) in [6.07, 6.45) is 1.82. The number of likely N-dealkylation sites (tertiary alicyclic amines) is 1. The normalized spacial score (nSPS) is 20.7. The molecule has 200 valence electrons. The predicted octanol–water partition coefficient (Wildman–Crippen LogP) is 2.22. The number of hydrogen-bond donors (Lipinski definition) is 0. The molecule has 2 saturated heterocycles. The van der Waals surface area contributed by atoms with E-state index in [-0.39, 0.29) is 23.8 Å². The van der Waals surface area contributed by atoms with Crippen molar-refractivity contribution in [1.29, 1.82) is 0 Å². The zero-order chi connectivity index (χ0) is 26.8. The van der Waals surface area contributed by atoms with Gasteiger partial charge in [-0.3, -0.25) is 13.9 Å². The molecule has 3 heterocycles. The van der Waals surface area contributed by atoms with Gasteiger partial charge in [-0.2, -0.15) is 8.42 Å². The standard InChI is InChI=1S/C25H33N5O6S/c1-18-6-8-20(9-7-18)37(33,34)36-19-16-21(30(17-19)24(32)35-25(2,3)4)22(31)28-12-14-29(15-13-28)23-26-10-5-11-27-23/h5-11,19,21H,12-17H2,1-4H3/t19-,21+/m1/s1. The van der Waals surface area contributed by atoms with Gasteiger partial charge in [-0.15, -0.1) is 0 Å². The van der Waals surface area contributed by atoms with E-state index in [1.807, 2.05) is 11.8 Å². The van der Waals surface area contributed by atoms with Gasteiger partial charge in [0.15, 0.2) is 0 Å². The lowest BCUT2D eigenvalue weighted by molar-refractivity contribution is -0.136. The third-order valence-corrected chi connectivity index (χ3v) is 7.55. The van der Waals surface area contributed by atoms with Gasteiger partial charge in [0.2, 0.25) is 11.9 Å². The van der Waals surface area contributed by atoms with Crippen molar-refractivity contribution in [3.05, 3.63) is 48.3 Å². The fourth-order valence-corrected chi connectivity index (χ4v) is 5.43. The lowest BCUT2D eigenvalue weighted by Gasteiger charge is -2.37. The summed E-state index contributed by atoms with van der Waals surface area (Å²) >= 11 is 0. The van der Waals surface area contributed by atoms with Gasteiger partial charge in [0, 0.05) is 45.0 Å². The van der Waals surface area contributed by atoms with Crippen molar-refractivity contribution < 1.29 is 26.9 Å². The van der Waals surface area contributed by atoms with Crippen LogP contribution in [0, 0.1) is 6.92 Å². The molecular weight excluding hydrogens is 498 g/mol. The summed E-state index contributed by atoms with van der Waals surface area (Å²) in [7, 11) is -4.08. The molecule has 2 fully saturated rings. The second-order valence-electron chi connectivity index (χ2n) is 10.2. The SMILES string of the molecule is Cc1ccc(S(=O)(=O)O[C@@H]2C[C@@H](C(=O)N3CCN(c4ncccn4)CC3)N(C(=O)OC(C)(C)C)C2)cc1. The first-order valence-corrected chi connectivity index (χ1v) is 13.6. The zero-order valence-electron chi connectivity index (χ0n) is 21.5. The zero-order valence-corrected chi connectivity index (χ0v) is 22.3. The summed E-state index contributed by atoms with van der Waals surface area (Å²) in [4.78, 5) is 40.1. The fourth-order valence-electron chi connectivity index (χ4n) is 4.36. The number of aryl methyl sites for hydroxylation is 1. The molecule has 0 unspecified atom stereocenters. The topological polar surface area (TPSA) is 122 Å². The van der Waals surface area contributed by atoms with E-state index in [0.29, 0.717) is 32.1 Å². The van der Waals surface area contributed by atoms with Crippen LogP contribution in [0.25, 0.3) is 0 Å². The summed E-state index contributed by atoms with van der Waals surface area (Å²) in [5.74, 6) is 0.332. The van der Waals surface area contributed by atoms with Crippen LogP contribution in [0.15, 0.2) is 47.6 Å². The monoisotopic (exact) mass is 531 g/mol. The van der Waals surface area contributed by atoms with Crippen LogP contribution in [0.4, 0.5) is 10.7 Å².